The van der Waals surface area contributed by atoms with Crippen molar-refractivity contribution in [1.82, 2.24) is 4.90 Å². The van der Waals surface area contributed by atoms with Gasteiger partial charge in [0.15, 0.2) is 0 Å². The van der Waals surface area contributed by atoms with Crippen molar-refractivity contribution in [2.75, 3.05) is 27.3 Å². The molecule has 144 valence electrons. The molecule has 1 aromatic carbocycles. The molecule has 1 aliphatic carbocycles. The fraction of sp³-hybridized carbons (Fsp3) is 0.619. The number of aryl methyl sites for hydroxylation is 1. The number of fused-ring (bicyclic) bond motifs is 1. The molecule has 0 saturated heterocycles. The Morgan fingerprint density at radius 2 is 2.04 bits per heavy atom. The molecule has 1 aromatic rings. The maximum atomic E-state index is 12.9. The SMILES string of the molecule is COC(=O)CCN(CC(C)C)C(=O)CC1CCCc2cc(OC)ccc21. The predicted octanol–water partition coefficient (Wildman–Crippen LogP) is 3.55. The minimum absolute atomic E-state index is 0.122. The molecule has 0 aromatic heterocycles. The lowest BCUT2D eigenvalue weighted by molar-refractivity contribution is -0.142. The van der Waals surface area contributed by atoms with Crippen LogP contribution in [0.25, 0.3) is 0 Å². The number of benzene rings is 1. The van der Waals surface area contributed by atoms with Crippen molar-refractivity contribution in [2.45, 2.75) is 51.9 Å². The van der Waals surface area contributed by atoms with Gasteiger partial charge < -0.3 is 14.4 Å². The van der Waals surface area contributed by atoms with E-state index >= 15 is 0 Å². The predicted molar refractivity (Wildman–Crippen MR) is 101 cm³/mol. The summed E-state index contributed by atoms with van der Waals surface area (Å²) in [6.07, 6.45) is 3.89. The summed E-state index contributed by atoms with van der Waals surface area (Å²) in [6.45, 7) is 5.26. The van der Waals surface area contributed by atoms with E-state index in [9.17, 15) is 9.59 Å². The fourth-order valence-corrected chi connectivity index (χ4v) is 3.66. The number of hydrogen-bond donors (Lipinski definition) is 0. The van der Waals surface area contributed by atoms with Gasteiger partial charge >= 0.3 is 5.97 Å². The highest BCUT2D eigenvalue weighted by Gasteiger charge is 2.26. The van der Waals surface area contributed by atoms with Crippen molar-refractivity contribution in [2.24, 2.45) is 5.92 Å². The monoisotopic (exact) mass is 361 g/mol. The van der Waals surface area contributed by atoms with Crippen LogP contribution >= 0.6 is 0 Å². The largest absolute Gasteiger partial charge is 0.497 e. The first-order valence-electron chi connectivity index (χ1n) is 9.46. The Bertz CT molecular complexity index is 626. The van der Waals surface area contributed by atoms with Crippen molar-refractivity contribution < 1.29 is 19.1 Å². The van der Waals surface area contributed by atoms with Gasteiger partial charge in [0.25, 0.3) is 0 Å². The summed E-state index contributed by atoms with van der Waals surface area (Å²) >= 11 is 0. The molecule has 5 nitrogen and oxygen atoms in total. The molecule has 26 heavy (non-hydrogen) atoms. The number of rotatable bonds is 8. The van der Waals surface area contributed by atoms with Gasteiger partial charge in [-0.05, 0) is 54.4 Å². The van der Waals surface area contributed by atoms with Crippen molar-refractivity contribution >= 4 is 11.9 Å². The molecule has 0 bridgehead atoms. The average Bonchev–Trinajstić information content (AvgIpc) is 2.64. The van der Waals surface area contributed by atoms with Gasteiger partial charge in [-0.1, -0.05) is 19.9 Å². The number of amides is 1. The van der Waals surface area contributed by atoms with Gasteiger partial charge in [0, 0.05) is 19.5 Å². The first-order chi connectivity index (χ1) is 12.4. The van der Waals surface area contributed by atoms with Crippen molar-refractivity contribution in [3.05, 3.63) is 29.3 Å². The van der Waals surface area contributed by atoms with E-state index in [0.717, 1.165) is 25.0 Å². The minimum atomic E-state index is -0.276. The number of carbonyl (C=O) groups excluding carboxylic acids is 2. The second-order valence-electron chi connectivity index (χ2n) is 7.42. The van der Waals surface area contributed by atoms with E-state index in [0.29, 0.717) is 25.4 Å². The highest BCUT2D eigenvalue weighted by Crippen LogP contribution is 2.36. The van der Waals surface area contributed by atoms with Gasteiger partial charge in [0.1, 0.15) is 5.75 Å². The van der Waals surface area contributed by atoms with Crippen LogP contribution in [0.15, 0.2) is 18.2 Å². The third-order valence-corrected chi connectivity index (χ3v) is 4.96. The van der Waals surface area contributed by atoms with Crippen LogP contribution in [-0.2, 0) is 20.7 Å². The maximum absolute atomic E-state index is 12.9. The molecule has 2 rings (SSSR count). The lowest BCUT2D eigenvalue weighted by Crippen LogP contribution is -2.37. The maximum Gasteiger partial charge on any atom is 0.307 e. The summed E-state index contributed by atoms with van der Waals surface area (Å²) in [5, 5.41) is 0. The van der Waals surface area contributed by atoms with E-state index in [1.165, 1.54) is 18.2 Å². The molecule has 0 fully saturated rings. The van der Waals surface area contributed by atoms with E-state index in [1.807, 2.05) is 11.0 Å². The van der Waals surface area contributed by atoms with Crippen LogP contribution in [0, 0.1) is 5.92 Å². The number of nitrogens with zero attached hydrogens (tertiary/aromatic N) is 1. The van der Waals surface area contributed by atoms with Gasteiger partial charge in [0.05, 0.1) is 20.6 Å². The molecule has 1 aliphatic rings. The average molecular weight is 361 g/mol. The number of esters is 1. The van der Waals surface area contributed by atoms with E-state index in [1.54, 1.807) is 7.11 Å². The summed E-state index contributed by atoms with van der Waals surface area (Å²) in [5.41, 5.74) is 2.56. The first kappa shape index (κ1) is 20.3. The lowest BCUT2D eigenvalue weighted by Gasteiger charge is -2.29. The molecule has 1 atom stereocenters. The van der Waals surface area contributed by atoms with Gasteiger partial charge in [-0.2, -0.15) is 0 Å². The Morgan fingerprint density at radius 1 is 1.27 bits per heavy atom. The lowest BCUT2D eigenvalue weighted by atomic mass is 9.80. The van der Waals surface area contributed by atoms with Gasteiger partial charge in [-0.25, -0.2) is 0 Å². The van der Waals surface area contributed by atoms with Gasteiger partial charge in [0.2, 0.25) is 5.91 Å². The standard InChI is InChI=1S/C21H31NO4/c1-15(2)14-22(11-10-21(24)26-4)20(23)13-17-7-5-6-16-12-18(25-3)8-9-19(16)17/h8-9,12,15,17H,5-7,10-11,13-14H2,1-4H3. The molecule has 1 unspecified atom stereocenters. The first-order valence-corrected chi connectivity index (χ1v) is 9.46. The Hall–Kier alpha value is -2.04. The Balaban J connectivity index is 2.07. The third-order valence-electron chi connectivity index (χ3n) is 4.96. The van der Waals surface area contributed by atoms with Crippen LogP contribution < -0.4 is 4.74 Å². The fourth-order valence-electron chi connectivity index (χ4n) is 3.66. The number of carbonyl (C=O) groups is 2. The molecule has 0 radical (unpaired) electrons. The van der Waals surface area contributed by atoms with Crippen LogP contribution in [0.1, 0.15) is 56.6 Å². The van der Waals surface area contributed by atoms with Crippen LogP contribution in [0.2, 0.25) is 0 Å². The summed E-state index contributed by atoms with van der Waals surface area (Å²) in [5.74, 6) is 1.32. The Labute approximate surface area is 156 Å². The molecular weight excluding hydrogens is 330 g/mol. The van der Waals surface area contributed by atoms with Gasteiger partial charge in [-0.3, -0.25) is 9.59 Å². The highest BCUT2D eigenvalue weighted by atomic mass is 16.5. The zero-order chi connectivity index (χ0) is 19.1. The second-order valence-corrected chi connectivity index (χ2v) is 7.42. The van der Waals surface area contributed by atoms with Crippen molar-refractivity contribution in [1.29, 1.82) is 0 Å². The molecule has 0 heterocycles. The molecular formula is C21H31NO4. The molecule has 1 amide bonds. The molecule has 0 aliphatic heterocycles. The smallest absolute Gasteiger partial charge is 0.307 e. The van der Waals surface area contributed by atoms with E-state index < -0.39 is 0 Å². The molecule has 0 N–H and O–H groups in total. The topological polar surface area (TPSA) is 55.8 Å². The zero-order valence-electron chi connectivity index (χ0n) is 16.4. The zero-order valence-corrected chi connectivity index (χ0v) is 16.4. The second kappa shape index (κ2) is 9.60. The van der Waals surface area contributed by atoms with Crippen LogP contribution in [0.5, 0.6) is 5.75 Å². The van der Waals surface area contributed by atoms with E-state index in [2.05, 4.69) is 26.0 Å². The summed E-state index contributed by atoms with van der Waals surface area (Å²) < 4.78 is 10.0. The van der Waals surface area contributed by atoms with Crippen LogP contribution in [0.4, 0.5) is 0 Å². The van der Waals surface area contributed by atoms with Crippen LogP contribution in [-0.4, -0.2) is 44.1 Å². The summed E-state index contributed by atoms with van der Waals surface area (Å²) in [4.78, 5) is 26.2. The van der Waals surface area contributed by atoms with Crippen LogP contribution in [0.3, 0.4) is 0 Å². The van der Waals surface area contributed by atoms with Crippen molar-refractivity contribution in [3.63, 3.8) is 0 Å². The molecule has 0 spiro atoms. The third kappa shape index (κ3) is 5.48. The minimum Gasteiger partial charge on any atom is -0.497 e. The number of ether oxygens (including phenoxy) is 2. The van der Waals surface area contributed by atoms with Gasteiger partial charge in [-0.15, -0.1) is 0 Å². The Kier molecular flexibility index (Phi) is 7.49. The normalized spacial score (nSPS) is 16.1. The quantitative estimate of drug-likeness (QED) is 0.665. The van der Waals surface area contributed by atoms with E-state index in [4.69, 9.17) is 9.47 Å². The number of hydrogen-bond acceptors (Lipinski definition) is 4. The Morgan fingerprint density at radius 3 is 2.69 bits per heavy atom. The number of methoxy groups -OCH3 is 2. The summed E-state index contributed by atoms with van der Waals surface area (Å²) in [6, 6.07) is 6.17. The van der Waals surface area contributed by atoms with Crippen molar-refractivity contribution in [3.8, 4) is 5.75 Å². The molecule has 5 heteroatoms. The molecule has 0 saturated carbocycles. The van der Waals surface area contributed by atoms with E-state index in [-0.39, 0.29) is 24.2 Å². The highest BCUT2D eigenvalue weighted by molar-refractivity contribution is 5.78. The summed E-state index contributed by atoms with van der Waals surface area (Å²) in [7, 11) is 3.06.